The predicted octanol–water partition coefficient (Wildman–Crippen LogP) is 5.72. The number of ether oxygens (including phenoxy) is 5. The van der Waals surface area contributed by atoms with Crippen LogP contribution in [-0.2, 0) is 42.9 Å². The standard InChI is InChI=1S/C43H68ClNO11/c1-10-30-18-24(2)17-25(3)19-36(53-8)39-37(54-9)21-27(5)43(51,56-39)40(48)41(49)45-16-12-11-13-32(45)42(50)55-38(28(6)33(46)23-34(30)47)26(4)20-29-14-15-31(44)35(22-29)52-7/h18,20,25,27-33,35-39,46,51H,10-17,19,21-23H2,1-9H3/b24-18-,26-20+/t25-,27+,28-,29-,30+,31-,32-,33-,35+,36-,37-,38+,39+,43+/m0/s1. The summed E-state index contributed by atoms with van der Waals surface area (Å²) in [5.74, 6) is -7.31. The Hall–Kier alpha value is -2.19. The van der Waals surface area contributed by atoms with E-state index in [2.05, 4.69) is 6.92 Å². The van der Waals surface area contributed by atoms with Gasteiger partial charge in [0.2, 0.25) is 5.79 Å². The largest absolute Gasteiger partial charge is 0.456 e. The fourth-order valence-electron chi connectivity index (χ4n) is 9.36. The van der Waals surface area contributed by atoms with Crippen molar-refractivity contribution in [2.75, 3.05) is 27.9 Å². The SMILES string of the molecule is CC[C@@H]1/C=C(/C)C[C@H](C)C[C@H](OC)[C@H]2O[C@@](O)(C(=O)C(=O)N3CCCC[C@H]3C(=O)O[C@H](/C(C)=C/[C@@H]3CC[C@H](Cl)[C@H](OC)C3)[C@@H](C)[C@@H](O)CC1=O)[C@H](C)C[C@@H]2OC. The summed E-state index contributed by atoms with van der Waals surface area (Å²) in [5, 5.41) is 23.6. The smallest absolute Gasteiger partial charge is 0.329 e. The first kappa shape index (κ1) is 46.5. The molecule has 1 aliphatic carbocycles. The van der Waals surface area contributed by atoms with E-state index in [1.807, 2.05) is 32.9 Å². The van der Waals surface area contributed by atoms with Crippen molar-refractivity contribution in [3.63, 3.8) is 0 Å². The van der Waals surface area contributed by atoms with Crippen LogP contribution in [0.15, 0.2) is 23.3 Å². The molecule has 2 N–H and O–H groups in total. The second-order valence-corrected chi connectivity index (χ2v) is 17.7. The van der Waals surface area contributed by atoms with Gasteiger partial charge in [-0.1, -0.05) is 45.4 Å². The molecule has 0 aromatic rings. The number of Topliss-reactive ketones (excluding diaryl/α,β-unsaturated/α-hetero) is 2. The Bertz CT molecular complexity index is 1440. The van der Waals surface area contributed by atoms with Gasteiger partial charge in [-0.3, -0.25) is 14.4 Å². The van der Waals surface area contributed by atoms with Crippen LogP contribution in [0.1, 0.15) is 112 Å². The van der Waals surface area contributed by atoms with Crippen LogP contribution in [0.2, 0.25) is 0 Å². The van der Waals surface area contributed by atoms with Gasteiger partial charge >= 0.3 is 5.97 Å². The number of rotatable bonds is 6. The highest BCUT2D eigenvalue weighted by Gasteiger charge is 2.56. The van der Waals surface area contributed by atoms with Crippen molar-refractivity contribution in [3.8, 4) is 0 Å². The van der Waals surface area contributed by atoms with E-state index >= 15 is 0 Å². The van der Waals surface area contributed by atoms with E-state index in [-0.39, 0.29) is 54.9 Å². The van der Waals surface area contributed by atoms with Crippen LogP contribution in [0.25, 0.3) is 0 Å². The summed E-state index contributed by atoms with van der Waals surface area (Å²) in [6, 6.07) is -1.12. The van der Waals surface area contributed by atoms with Crippen molar-refractivity contribution in [2.45, 2.75) is 166 Å². The Morgan fingerprint density at radius 2 is 1.62 bits per heavy atom. The number of hydrogen-bond acceptors (Lipinski definition) is 11. The normalized spacial score (nSPS) is 41.6. The van der Waals surface area contributed by atoms with Gasteiger partial charge in [0, 0.05) is 52.0 Å². The molecule has 3 heterocycles. The zero-order chi connectivity index (χ0) is 41.5. The van der Waals surface area contributed by atoms with Crippen LogP contribution in [0.5, 0.6) is 0 Å². The molecule has 318 valence electrons. The van der Waals surface area contributed by atoms with E-state index in [0.29, 0.717) is 44.1 Å². The molecule has 3 fully saturated rings. The molecule has 0 aromatic heterocycles. The zero-order valence-corrected chi connectivity index (χ0v) is 35.8. The molecule has 1 amide bonds. The third-order valence-corrected chi connectivity index (χ3v) is 13.3. The second kappa shape index (κ2) is 20.7. The number of methoxy groups -OCH3 is 3. The summed E-state index contributed by atoms with van der Waals surface area (Å²) >= 11 is 6.52. The lowest BCUT2D eigenvalue weighted by atomic mass is 9.82. The van der Waals surface area contributed by atoms with Gasteiger partial charge in [0.1, 0.15) is 24.0 Å². The molecule has 0 aromatic carbocycles. The summed E-state index contributed by atoms with van der Waals surface area (Å²) in [4.78, 5) is 57.7. The van der Waals surface area contributed by atoms with Gasteiger partial charge < -0.3 is 38.8 Å². The molecule has 4 aliphatic rings. The molecule has 3 aliphatic heterocycles. The van der Waals surface area contributed by atoms with E-state index < -0.39 is 77.8 Å². The topological polar surface area (TPSA) is 158 Å². The minimum Gasteiger partial charge on any atom is -0.456 e. The number of nitrogens with zero attached hydrogens (tertiary/aromatic N) is 1. The van der Waals surface area contributed by atoms with Gasteiger partial charge in [-0.2, -0.15) is 0 Å². The van der Waals surface area contributed by atoms with E-state index in [0.717, 1.165) is 18.4 Å². The molecule has 0 radical (unpaired) electrons. The van der Waals surface area contributed by atoms with E-state index in [4.69, 9.17) is 35.3 Å². The summed E-state index contributed by atoms with van der Waals surface area (Å²) in [7, 11) is 4.71. The monoisotopic (exact) mass is 809 g/mol. The number of allylic oxidation sites excluding steroid dienone is 3. The number of cyclic esters (lactones) is 1. The van der Waals surface area contributed by atoms with Gasteiger partial charge in [0.05, 0.1) is 29.8 Å². The first-order valence-corrected chi connectivity index (χ1v) is 21.2. The van der Waals surface area contributed by atoms with Crippen LogP contribution in [0.4, 0.5) is 0 Å². The van der Waals surface area contributed by atoms with Crippen molar-refractivity contribution in [1.82, 2.24) is 4.90 Å². The van der Waals surface area contributed by atoms with Gasteiger partial charge in [-0.05, 0) is 95.5 Å². The first-order chi connectivity index (χ1) is 26.5. The number of aliphatic hydroxyl groups is 2. The van der Waals surface area contributed by atoms with Crippen LogP contribution in [-0.4, -0.2) is 120 Å². The van der Waals surface area contributed by atoms with E-state index in [1.165, 1.54) is 19.1 Å². The number of fused-ring (bicyclic) bond motifs is 3. The number of piperidine rings is 1. The highest BCUT2D eigenvalue weighted by atomic mass is 35.5. The fraction of sp³-hybridized carbons (Fsp3) is 0.814. The number of halogens is 1. The number of amides is 1. The van der Waals surface area contributed by atoms with E-state index in [9.17, 15) is 29.4 Å². The maximum Gasteiger partial charge on any atom is 0.329 e. The predicted molar refractivity (Wildman–Crippen MR) is 212 cm³/mol. The number of carbonyl (C=O) groups is 4. The molecule has 4 rings (SSSR count). The van der Waals surface area contributed by atoms with Crippen molar-refractivity contribution < 1.29 is 53.1 Å². The Balaban J connectivity index is 1.76. The Morgan fingerprint density at radius 1 is 0.964 bits per heavy atom. The molecule has 0 unspecified atom stereocenters. The Morgan fingerprint density at radius 3 is 2.27 bits per heavy atom. The number of aliphatic hydroxyl groups excluding tert-OH is 1. The minimum atomic E-state index is -2.49. The lowest BCUT2D eigenvalue weighted by molar-refractivity contribution is -0.302. The average molecular weight is 810 g/mol. The Labute approximate surface area is 339 Å². The summed E-state index contributed by atoms with van der Waals surface area (Å²) in [6.45, 7) is 11.3. The van der Waals surface area contributed by atoms with E-state index in [1.54, 1.807) is 21.0 Å². The zero-order valence-electron chi connectivity index (χ0n) is 35.0. The van der Waals surface area contributed by atoms with Crippen molar-refractivity contribution in [1.29, 1.82) is 0 Å². The van der Waals surface area contributed by atoms with Crippen LogP contribution < -0.4 is 0 Å². The van der Waals surface area contributed by atoms with Crippen molar-refractivity contribution in [2.24, 2.45) is 29.6 Å². The molecule has 13 heteroatoms. The van der Waals surface area contributed by atoms with Crippen LogP contribution in [0, 0.1) is 29.6 Å². The van der Waals surface area contributed by atoms with Crippen LogP contribution in [0.3, 0.4) is 0 Å². The van der Waals surface area contributed by atoms with Gasteiger partial charge in [-0.15, -0.1) is 11.6 Å². The highest BCUT2D eigenvalue weighted by molar-refractivity contribution is 6.39. The van der Waals surface area contributed by atoms with Crippen molar-refractivity contribution in [3.05, 3.63) is 23.3 Å². The first-order valence-electron chi connectivity index (χ1n) is 20.7. The third kappa shape index (κ3) is 10.9. The molecular formula is C43H68ClNO11. The number of ketones is 2. The second-order valence-electron chi connectivity index (χ2n) is 17.1. The summed E-state index contributed by atoms with van der Waals surface area (Å²) < 4.78 is 29.9. The number of carbonyl (C=O) groups excluding carboxylic acids is 4. The molecule has 56 heavy (non-hydrogen) atoms. The molecular weight excluding hydrogens is 742 g/mol. The lowest BCUT2D eigenvalue weighted by Crippen LogP contribution is -2.64. The quantitative estimate of drug-likeness (QED) is 0.146. The number of esters is 1. The third-order valence-electron chi connectivity index (χ3n) is 12.8. The molecule has 2 bridgehead atoms. The molecule has 1 saturated carbocycles. The maximum absolute atomic E-state index is 14.3. The number of alkyl halides is 1. The summed E-state index contributed by atoms with van der Waals surface area (Å²) in [5.41, 5.74) is 1.71. The van der Waals surface area contributed by atoms with Gasteiger partial charge in [-0.25, -0.2) is 4.79 Å². The average Bonchev–Trinajstić information content (AvgIpc) is 3.18. The molecule has 14 atom stereocenters. The Kier molecular flexibility index (Phi) is 17.2. The maximum atomic E-state index is 14.3. The number of hydrogen-bond donors (Lipinski definition) is 2. The summed E-state index contributed by atoms with van der Waals surface area (Å²) in [6.07, 6.45) is 5.16. The lowest BCUT2D eigenvalue weighted by Gasteiger charge is -2.47. The molecule has 12 nitrogen and oxygen atoms in total. The van der Waals surface area contributed by atoms with Gasteiger partial charge in [0.15, 0.2) is 0 Å². The molecule has 0 spiro atoms. The molecule has 2 saturated heterocycles. The van der Waals surface area contributed by atoms with Crippen molar-refractivity contribution >= 4 is 35.0 Å². The van der Waals surface area contributed by atoms with Gasteiger partial charge in [0.25, 0.3) is 11.7 Å². The highest BCUT2D eigenvalue weighted by Crippen LogP contribution is 2.39. The van der Waals surface area contributed by atoms with Crippen LogP contribution >= 0.6 is 11.6 Å². The fourth-order valence-corrected chi connectivity index (χ4v) is 9.69. The minimum absolute atomic E-state index is 0.0425.